The Morgan fingerprint density at radius 3 is 2.13 bits per heavy atom. The quantitative estimate of drug-likeness (QED) is 0.655. The molecule has 5 heteroatoms. The summed E-state index contributed by atoms with van der Waals surface area (Å²) < 4.78 is 0. The van der Waals surface area contributed by atoms with Crippen LogP contribution in [0.5, 0.6) is 5.75 Å². The van der Waals surface area contributed by atoms with Crippen molar-refractivity contribution in [2.45, 2.75) is 26.7 Å². The van der Waals surface area contributed by atoms with Crippen molar-refractivity contribution in [2.24, 2.45) is 0 Å². The van der Waals surface area contributed by atoms with Gasteiger partial charge >= 0.3 is 0 Å². The Hall–Kier alpha value is -2.82. The van der Waals surface area contributed by atoms with Crippen LogP contribution in [0.1, 0.15) is 22.3 Å². The number of rotatable bonds is 0. The van der Waals surface area contributed by atoms with E-state index >= 15 is 0 Å². The number of benzene rings is 2. The lowest BCUT2D eigenvalue weighted by Crippen LogP contribution is -2.03. The summed E-state index contributed by atoms with van der Waals surface area (Å²) in [6.07, 6.45) is 0.928. The first-order valence-electron chi connectivity index (χ1n) is 7.45. The minimum Gasteiger partial charge on any atom is -0.508 e. The molecule has 2 aromatic rings. The standard InChI is InChI=1S/C9H9NO2.C9H9NO/c1-5-6-4-9(12)10-7(6)2-3-8(5)11;1-6-3-2-4-8-7(6)5-9(11)10-8/h2-3,11H,4H2,1H3,(H,10,12);2-4H,5H2,1H3,(H,10,11). The largest absolute Gasteiger partial charge is 0.508 e. The summed E-state index contributed by atoms with van der Waals surface area (Å²) >= 11 is 0. The molecule has 2 heterocycles. The van der Waals surface area contributed by atoms with Crippen molar-refractivity contribution in [2.75, 3.05) is 10.6 Å². The first-order valence-corrected chi connectivity index (χ1v) is 7.45. The Morgan fingerprint density at radius 2 is 1.48 bits per heavy atom. The van der Waals surface area contributed by atoms with Gasteiger partial charge in [0.05, 0.1) is 12.8 Å². The van der Waals surface area contributed by atoms with Gasteiger partial charge in [0.25, 0.3) is 0 Å². The van der Waals surface area contributed by atoms with E-state index in [1.54, 1.807) is 12.1 Å². The minimum absolute atomic E-state index is 0.00120. The van der Waals surface area contributed by atoms with E-state index in [2.05, 4.69) is 10.6 Å². The van der Waals surface area contributed by atoms with E-state index in [1.807, 2.05) is 32.0 Å². The third-order valence-electron chi connectivity index (χ3n) is 4.20. The second-order valence-corrected chi connectivity index (χ2v) is 5.79. The minimum atomic E-state index is -0.00120. The SMILES string of the molecule is Cc1c(O)ccc2c1CC(=O)N2.Cc1cccc2c1CC(=O)N2. The molecule has 23 heavy (non-hydrogen) atoms. The summed E-state index contributed by atoms with van der Waals surface area (Å²) in [6.45, 7) is 3.84. The van der Waals surface area contributed by atoms with Gasteiger partial charge in [0.15, 0.2) is 0 Å². The topological polar surface area (TPSA) is 78.4 Å². The molecule has 0 spiro atoms. The van der Waals surface area contributed by atoms with Crippen LogP contribution in [-0.2, 0) is 22.4 Å². The zero-order valence-corrected chi connectivity index (χ0v) is 13.1. The van der Waals surface area contributed by atoms with Gasteiger partial charge < -0.3 is 15.7 Å². The van der Waals surface area contributed by atoms with Gasteiger partial charge in [-0.2, -0.15) is 0 Å². The highest BCUT2D eigenvalue weighted by Crippen LogP contribution is 2.31. The maximum atomic E-state index is 11.0. The van der Waals surface area contributed by atoms with Crippen LogP contribution in [0.15, 0.2) is 30.3 Å². The van der Waals surface area contributed by atoms with Gasteiger partial charge in [-0.25, -0.2) is 0 Å². The predicted octanol–water partition coefficient (Wildman–Crippen LogP) is 2.68. The Morgan fingerprint density at radius 1 is 0.870 bits per heavy atom. The maximum Gasteiger partial charge on any atom is 0.228 e. The monoisotopic (exact) mass is 310 g/mol. The number of hydrogen-bond acceptors (Lipinski definition) is 3. The molecule has 0 radical (unpaired) electrons. The third-order valence-corrected chi connectivity index (χ3v) is 4.20. The molecule has 0 fully saturated rings. The van der Waals surface area contributed by atoms with E-state index in [4.69, 9.17) is 0 Å². The number of phenols is 1. The van der Waals surface area contributed by atoms with E-state index < -0.39 is 0 Å². The highest BCUT2D eigenvalue weighted by Gasteiger charge is 2.20. The highest BCUT2D eigenvalue weighted by molar-refractivity contribution is 6.00. The second-order valence-electron chi connectivity index (χ2n) is 5.79. The number of aryl methyl sites for hydroxylation is 1. The van der Waals surface area contributed by atoms with Crippen LogP contribution >= 0.6 is 0 Å². The van der Waals surface area contributed by atoms with Crippen LogP contribution in [0.2, 0.25) is 0 Å². The lowest BCUT2D eigenvalue weighted by Gasteiger charge is -2.03. The molecule has 4 rings (SSSR count). The number of carbonyl (C=O) groups is 2. The van der Waals surface area contributed by atoms with Gasteiger partial charge in [-0.3, -0.25) is 9.59 Å². The lowest BCUT2D eigenvalue weighted by molar-refractivity contribution is -0.115. The number of nitrogens with one attached hydrogen (secondary N) is 2. The first-order chi connectivity index (χ1) is 11.0. The number of anilines is 2. The number of aromatic hydroxyl groups is 1. The highest BCUT2D eigenvalue weighted by atomic mass is 16.3. The van der Waals surface area contributed by atoms with E-state index in [0.29, 0.717) is 12.8 Å². The van der Waals surface area contributed by atoms with Gasteiger partial charge in [0, 0.05) is 11.4 Å². The summed E-state index contributed by atoms with van der Waals surface area (Å²) in [5.41, 5.74) is 5.87. The van der Waals surface area contributed by atoms with Crippen LogP contribution < -0.4 is 10.6 Å². The number of amides is 2. The van der Waals surface area contributed by atoms with Gasteiger partial charge in [-0.1, -0.05) is 12.1 Å². The molecule has 0 aliphatic carbocycles. The fraction of sp³-hybridized carbons (Fsp3) is 0.222. The van der Waals surface area contributed by atoms with Crippen molar-refractivity contribution in [1.29, 1.82) is 0 Å². The van der Waals surface area contributed by atoms with E-state index in [-0.39, 0.29) is 17.6 Å². The van der Waals surface area contributed by atoms with Crippen LogP contribution in [-0.4, -0.2) is 16.9 Å². The fourth-order valence-electron chi connectivity index (χ4n) is 2.85. The molecule has 2 aromatic carbocycles. The molecule has 5 nitrogen and oxygen atoms in total. The average molecular weight is 310 g/mol. The maximum absolute atomic E-state index is 11.0. The third kappa shape index (κ3) is 2.90. The molecule has 0 aromatic heterocycles. The van der Waals surface area contributed by atoms with E-state index in [9.17, 15) is 14.7 Å². The van der Waals surface area contributed by atoms with Gasteiger partial charge in [0.2, 0.25) is 11.8 Å². The Balaban J connectivity index is 0.000000136. The first kappa shape index (κ1) is 15.1. The van der Waals surface area contributed by atoms with Crippen molar-refractivity contribution in [1.82, 2.24) is 0 Å². The molecule has 3 N–H and O–H groups in total. The van der Waals surface area contributed by atoms with Crippen LogP contribution in [0.4, 0.5) is 11.4 Å². The van der Waals surface area contributed by atoms with Gasteiger partial charge in [-0.05, 0) is 54.3 Å². The number of phenolic OH excluding ortho intramolecular Hbond substituents is 1. The molecule has 2 amide bonds. The van der Waals surface area contributed by atoms with Crippen LogP contribution in [0, 0.1) is 13.8 Å². The van der Waals surface area contributed by atoms with Gasteiger partial charge in [-0.15, -0.1) is 0 Å². The van der Waals surface area contributed by atoms with Crippen molar-refractivity contribution in [3.63, 3.8) is 0 Å². The second kappa shape index (κ2) is 5.76. The van der Waals surface area contributed by atoms with Crippen molar-refractivity contribution >= 4 is 23.2 Å². The van der Waals surface area contributed by atoms with E-state index in [1.165, 1.54) is 5.56 Å². The molecule has 0 saturated heterocycles. The van der Waals surface area contributed by atoms with E-state index in [0.717, 1.165) is 28.1 Å². The average Bonchev–Trinajstić information content (AvgIpc) is 3.07. The van der Waals surface area contributed by atoms with Crippen molar-refractivity contribution < 1.29 is 14.7 Å². The summed E-state index contributed by atoms with van der Waals surface area (Å²) in [5.74, 6) is 0.359. The molecule has 118 valence electrons. The summed E-state index contributed by atoms with van der Waals surface area (Å²) in [4.78, 5) is 21.9. The molecule has 0 bridgehead atoms. The molecular weight excluding hydrogens is 292 g/mol. The fourth-order valence-corrected chi connectivity index (χ4v) is 2.85. The smallest absolute Gasteiger partial charge is 0.228 e. The lowest BCUT2D eigenvalue weighted by atomic mass is 10.1. The Bertz CT molecular complexity index is 812. The molecule has 0 atom stereocenters. The number of carbonyl (C=O) groups excluding carboxylic acids is 2. The van der Waals surface area contributed by atoms with Crippen molar-refractivity contribution in [3.8, 4) is 5.75 Å². The summed E-state index contributed by atoms with van der Waals surface area (Å²) in [5, 5.41) is 14.8. The van der Waals surface area contributed by atoms with Crippen LogP contribution in [0.3, 0.4) is 0 Å². The summed E-state index contributed by atoms with van der Waals surface area (Å²) in [7, 11) is 0. The number of fused-ring (bicyclic) bond motifs is 2. The molecule has 2 aliphatic heterocycles. The summed E-state index contributed by atoms with van der Waals surface area (Å²) in [6, 6.07) is 9.24. The number of hydrogen-bond donors (Lipinski definition) is 3. The molecule has 0 saturated carbocycles. The molecular formula is C18H18N2O3. The predicted molar refractivity (Wildman–Crippen MR) is 88.7 cm³/mol. The zero-order chi connectivity index (χ0) is 16.6. The molecule has 2 aliphatic rings. The van der Waals surface area contributed by atoms with Gasteiger partial charge in [0.1, 0.15) is 5.75 Å². The Labute approximate surface area is 134 Å². The zero-order valence-electron chi connectivity index (χ0n) is 13.1. The van der Waals surface area contributed by atoms with Crippen LogP contribution in [0.25, 0.3) is 0 Å². The van der Waals surface area contributed by atoms with Crippen molar-refractivity contribution in [3.05, 3.63) is 52.6 Å². The normalized spacial score (nSPS) is 14.3. The Kier molecular flexibility index (Phi) is 3.78. The molecule has 0 unspecified atom stereocenters.